The van der Waals surface area contributed by atoms with Crippen LogP contribution in [0.1, 0.15) is 27.7 Å². The number of halogens is 1. The molecule has 2 aromatic rings. The monoisotopic (exact) mass is 289 g/mol. The number of nitrogens with zero attached hydrogens (tertiary/aromatic N) is 1. The van der Waals surface area contributed by atoms with Gasteiger partial charge in [0.15, 0.2) is 0 Å². The van der Waals surface area contributed by atoms with E-state index in [9.17, 15) is 9.90 Å². The van der Waals surface area contributed by atoms with Gasteiger partial charge in [0.2, 0.25) is 0 Å². The molecule has 1 heterocycles. The molecule has 102 valence electrons. The normalized spacial score (nSPS) is 11.7. The Bertz CT molecular complexity index is 660. The smallest absolute Gasteiger partial charge is 0.267 e. The quantitative estimate of drug-likeness (QED) is 0.804. The van der Waals surface area contributed by atoms with E-state index >= 15 is 0 Å². The molecule has 1 amide bonds. The number of carbonyl (C=O) groups is 1. The van der Waals surface area contributed by atoms with Gasteiger partial charge in [-0.2, -0.15) is 5.26 Å². The summed E-state index contributed by atoms with van der Waals surface area (Å²) in [4.78, 5) is 14.5. The van der Waals surface area contributed by atoms with E-state index in [4.69, 9.17) is 16.9 Å². The number of hydrogen-bond acceptors (Lipinski definition) is 3. The minimum absolute atomic E-state index is 0.0312. The van der Waals surface area contributed by atoms with Crippen molar-refractivity contribution in [1.82, 2.24) is 10.3 Å². The van der Waals surface area contributed by atoms with Crippen molar-refractivity contribution in [2.75, 3.05) is 6.54 Å². The molecule has 1 atom stereocenters. The first-order valence-electron chi connectivity index (χ1n) is 5.91. The Hall–Kier alpha value is -2.29. The molecular weight excluding hydrogens is 278 g/mol. The molecule has 1 aromatic heterocycles. The fourth-order valence-electron chi connectivity index (χ4n) is 1.73. The van der Waals surface area contributed by atoms with Crippen LogP contribution in [0.25, 0.3) is 0 Å². The van der Waals surface area contributed by atoms with Crippen molar-refractivity contribution >= 4 is 17.5 Å². The molecule has 0 saturated heterocycles. The zero-order valence-corrected chi connectivity index (χ0v) is 11.2. The maximum atomic E-state index is 11.8. The second kappa shape index (κ2) is 6.24. The minimum atomic E-state index is -0.891. The number of hydrogen-bond donors (Lipinski definition) is 3. The molecule has 2 rings (SSSR count). The van der Waals surface area contributed by atoms with Crippen LogP contribution in [0.2, 0.25) is 5.02 Å². The summed E-state index contributed by atoms with van der Waals surface area (Å²) in [5.74, 6) is -0.391. The molecule has 0 saturated carbocycles. The van der Waals surface area contributed by atoms with E-state index in [1.807, 2.05) is 6.07 Å². The van der Waals surface area contributed by atoms with E-state index in [1.54, 1.807) is 24.3 Å². The SMILES string of the molecule is N#Cc1c[nH]c(C(=O)NCC(O)c2ccccc2Cl)c1. The van der Waals surface area contributed by atoms with Crippen LogP contribution in [0.4, 0.5) is 0 Å². The maximum absolute atomic E-state index is 11.8. The van der Waals surface area contributed by atoms with Gasteiger partial charge in [0, 0.05) is 23.3 Å². The number of aromatic amines is 1. The number of benzene rings is 1. The first kappa shape index (κ1) is 14.1. The van der Waals surface area contributed by atoms with Gasteiger partial charge >= 0.3 is 0 Å². The Morgan fingerprint density at radius 1 is 1.50 bits per heavy atom. The predicted octanol–water partition coefficient (Wildman–Crippen LogP) is 2.00. The fraction of sp³-hybridized carbons (Fsp3) is 0.143. The van der Waals surface area contributed by atoms with Gasteiger partial charge in [-0.15, -0.1) is 0 Å². The van der Waals surface area contributed by atoms with E-state index < -0.39 is 12.0 Å². The summed E-state index contributed by atoms with van der Waals surface area (Å²) in [7, 11) is 0. The highest BCUT2D eigenvalue weighted by atomic mass is 35.5. The van der Waals surface area contributed by atoms with Crippen LogP contribution in [-0.2, 0) is 0 Å². The van der Waals surface area contributed by atoms with Crippen LogP contribution in [0, 0.1) is 11.3 Å². The Morgan fingerprint density at radius 3 is 2.90 bits per heavy atom. The van der Waals surface area contributed by atoms with Gasteiger partial charge < -0.3 is 15.4 Å². The van der Waals surface area contributed by atoms with Crippen LogP contribution in [-0.4, -0.2) is 22.5 Å². The van der Waals surface area contributed by atoms with Crippen molar-refractivity contribution in [3.8, 4) is 6.07 Å². The number of carbonyl (C=O) groups excluding carboxylic acids is 1. The first-order chi connectivity index (χ1) is 9.61. The van der Waals surface area contributed by atoms with Crippen molar-refractivity contribution < 1.29 is 9.90 Å². The molecule has 0 fully saturated rings. The highest BCUT2D eigenvalue weighted by molar-refractivity contribution is 6.31. The number of aromatic nitrogens is 1. The van der Waals surface area contributed by atoms with Crippen LogP contribution < -0.4 is 5.32 Å². The lowest BCUT2D eigenvalue weighted by Gasteiger charge is -2.13. The van der Waals surface area contributed by atoms with E-state index in [2.05, 4.69) is 10.3 Å². The molecule has 0 spiro atoms. The second-order valence-corrected chi connectivity index (χ2v) is 4.57. The highest BCUT2D eigenvalue weighted by Crippen LogP contribution is 2.21. The largest absolute Gasteiger partial charge is 0.387 e. The van der Waals surface area contributed by atoms with Crippen molar-refractivity contribution in [1.29, 1.82) is 5.26 Å². The minimum Gasteiger partial charge on any atom is -0.387 e. The van der Waals surface area contributed by atoms with E-state index in [1.165, 1.54) is 12.3 Å². The number of aliphatic hydroxyl groups excluding tert-OH is 1. The number of aliphatic hydroxyl groups is 1. The molecule has 3 N–H and O–H groups in total. The number of nitrogens with one attached hydrogen (secondary N) is 2. The summed E-state index contributed by atoms with van der Waals surface area (Å²) in [6.07, 6.45) is 0.553. The van der Waals surface area contributed by atoms with Gasteiger partial charge in [-0.25, -0.2) is 0 Å². The van der Waals surface area contributed by atoms with Gasteiger partial charge in [0.05, 0.1) is 11.7 Å². The Morgan fingerprint density at radius 2 is 2.25 bits per heavy atom. The summed E-state index contributed by atoms with van der Waals surface area (Å²) < 4.78 is 0. The van der Waals surface area contributed by atoms with Crippen LogP contribution >= 0.6 is 11.6 Å². The number of amides is 1. The average molecular weight is 290 g/mol. The molecule has 0 radical (unpaired) electrons. The lowest BCUT2D eigenvalue weighted by molar-refractivity contribution is 0.0912. The average Bonchev–Trinajstić information content (AvgIpc) is 2.94. The summed E-state index contributed by atoms with van der Waals surface area (Å²) in [6, 6.07) is 10.3. The van der Waals surface area contributed by atoms with Gasteiger partial charge in [-0.05, 0) is 12.1 Å². The third-order valence-electron chi connectivity index (χ3n) is 2.78. The second-order valence-electron chi connectivity index (χ2n) is 4.16. The molecule has 0 aliphatic carbocycles. The van der Waals surface area contributed by atoms with Crippen molar-refractivity contribution in [3.05, 3.63) is 58.4 Å². The first-order valence-corrected chi connectivity index (χ1v) is 6.29. The topological polar surface area (TPSA) is 88.9 Å². The van der Waals surface area contributed by atoms with Crippen molar-refractivity contribution in [3.63, 3.8) is 0 Å². The van der Waals surface area contributed by atoms with Crippen LogP contribution in [0.3, 0.4) is 0 Å². The molecule has 0 aliphatic rings. The Labute approximate surface area is 120 Å². The van der Waals surface area contributed by atoms with E-state index in [0.29, 0.717) is 16.1 Å². The molecule has 1 aromatic carbocycles. The third-order valence-corrected chi connectivity index (χ3v) is 3.12. The lowest BCUT2D eigenvalue weighted by atomic mass is 10.1. The molecule has 20 heavy (non-hydrogen) atoms. The predicted molar refractivity (Wildman–Crippen MR) is 74.3 cm³/mol. The number of nitriles is 1. The Kier molecular flexibility index (Phi) is 4.41. The molecular formula is C14H12ClN3O2. The lowest BCUT2D eigenvalue weighted by Crippen LogP contribution is -2.28. The van der Waals surface area contributed by atoms with Gasteiger partial charge in [0.25, 0.3) is 5.91 Å². The van der Waals surface area contributed by atoms with Crippen LogP contribution in [0.5, 0.6) is 0 Å². The van der Waals surface area contributed by atoms with E-state index in [-0.39, 0.29) is 12.2 Å². The van der Waals surface area contributed by atoms with Gasteiger partial charge in [-0.3, -0.25) is 4.79 Å². The van der Waals surface area contributed by atoms with Crippen molar-refractivity contribution in [2.45, 2.75) is 6.10 Å². The standard InChI is InChI=1S/C14H12ClN3O2/c15-11-4-2-1-3-10(11)13(19)8-18-14(20)12-5-9(6-16)7-17-12/h1-5,7,13,17,19H,8H2,(H,18,20). The number of rotatable bonds is 4. The number of H-pyrrole nitrogens is 1. The third kappa shape index (κ3) is 3.18. The van der Waals surface area contributed by atoms with E-state index in [0.717, 1.165) is 0 Å². The van der Waals surface area contributed by atoms with Crippen LogP contribution in [0.15, 0.2) is 36.5 Å². The van der Waals surface area contributed by atoms with Gasteiger partial charge in [0.1, 0.15) is 11.8 Å². The maximum Gasteiger partial charge on any atom is 0.267 e. The molecule has 0 bridgehead atoms. The molecule has 0 aliphatic heterocycles. The molecule has 6 heteroatoms. The fourth-order valence-corrected chi connectivity index (χ4v) is 1.99. The summed E-state index contributed by atoms with van der Waals surface area (Å²) in [5.41, 5.74) is 1.20. The highest BCUT2D eigenvalue weighted by Gasteiger charge is 2.14. The molecule has 1 unspecified atom stereocenters. The summed E-state index contributed by atoms with van der Waals surface area (Å²) >= 11 is 5.96. The Balaban J connectivity index is 1.97. The molecule has 5 nitrogen and oxygen atoms in total. The van der Waals surface area contributed by atoms with Gasteiger partial charge in [-0.1, -0.05) is 29.8 Å². The summed E-state index contributed by atoms with van der Waals surface area (Å²) in [5, 5.41) is 21.7. The zero-order chi connectivity index (χ0) is 14.5. The zero-order valence-electron chi connectivity index (χ0n) is 10.4. The van der Waals surface area contributed by atoms with Crippen molar-refractivity contribution in [2.24, 2.45) is 0 Å². The summed E-state index contributed by atoms with van der Waals surface area (Å²) in [6.45, 7) is 0.0312.